The summed E-state index contributed by atoms with van der Waals surface area (Å²) in [6.45, 7) is 4.86. The molecule has 5 nitrogen and oxygen atoms in total. The maximum atomic E-state index is 12.5. The average molecular weight is 414 g/mol. The molecule has 29 heavy (non-hydrogen) atoms. The van der Waals surface area contributed by atoms with Gasteiger partial charge < -0.3 is 14.8 Å². The SMILES string of the molecule is CCCCOc1ccccc1C=CC(=O)Nc1sc2c(c1C(=O)OCC)CCC2. The minimum Gasteiger partial charge on any atom is -0.493 e. The second kappa shape index (κ2) is 10.3. The highest BCUT2D eigenvalue weighted by molar-refractivity contribution is 7.17. The molecule has 0 radical (unpaired) electrons. The summed E-state index contributed by atoms with van der Waals surface area (Å²) < 4.78 is 11.0. The Kier molecular flexibility index (Phi) is 7.47. The number of esters is 1. The maximum Gasteiger partial charge on any atom is 0.341 e. The van der Waals surface area contributed by atoms with Crippen molar-refractivity contribution in [1.82, 2.24) is 0 Å². The number of carbonyl (C=O) groups excluding carboxylic acids is 2. The van der Waals surface area contributed by atoms with Crippen LogP contribution in [0.15, 0.2) is 30.3 Å². The fourth-order valence-electron chi connectivity index (χ4n) is 3.31. The number of carbonyl (C=O) groups is 2. The first kappa shape index (κ1) is 21.1. The number of fused-ring (bicyclic) bond motifs is 1. The Balaban J connectivity index is 1.73. The summed E-state index contributed by atoms with van der Waals surface area (Å²) in [6, 6.07) is 7.63. The van der Waals surface area contributed by atoms with Crippen molar-refractivity contribution in [1.29, 1.82) is 0 Å². The number of nitrogens with one attached hydrogen (secondary N) is 1. The van der Waals surface area contributed by atoms with Gasteiger partial charge in [0.1, 0.15) is 10.8 Å². The monoisotopic (exact) mass is 413 g/mol. The molecule has 0 fully saturated rings. The van der Waals surface area contributed by atoms with E-state index in [1.807, 2.05) is 24.3 Å². The van der Waals surface area contributed by atoms with Crippen molar-refractivity contribution >= 4 is 34.3 Å². The number of ether oxygens (including phenoxy) is 2. The van der Waals surface area contributed by atoms with Gasteiger partial charge in [-0.15, -0.1) is 11.3 Å². The van der Waals surface area contributed by atoms with Crippen molar-refractivity contribution in [3.63, 3.8) is 0 Å². The van der Waals surface area contributed by atoms with E-state index in [0.29, 0.717) is 23.8 Å². The third-order valence-corrected chi connectivity index (χ3v) is 5.93. The van der Waals surface area contributed by atoms with E-state index >= 15 is 0 Å². The number of amides is 1. The molecule has 0 unspecified atom stereocenters. The molecule has 0 aliphatic heterocycles. The molecule has 3 rings (SSSR count). The number of hydrogen-bond donors (Lipinski definition) is 1. The van der Waals surface area contributed by atoms with Crippen LogP contribution in [0, 0.1) is 0 Å². The Morgan fingerprint density at radius 2 is 2.03 bits per heavy atom. The molecule has 1 amide bonds. The number of benzene rings is 1. The second-order valence-corrected chi connectivity index (χ2v) is 7.95. The summed E-state index contributed by atoms with van der Waals surface area (Å²) in [5.74, 6) is 0.118. The standard InChI is InChI=1S/C23H27NO4S/c1-3-5-15-28-18-11-7-6-9-16(18)13-14-20(25)24-22-21(23(26)27-4-2)17-10-8-12-19(17)29-22/h6-7,9,11,13-14H,3-5,8,10,12,15H2,1-2H3,(H,24,25). The molecule has 1 heterocycles. The molecule has 0 saturated carbocycles. The fourth-order valence-corrected chi connectivity index (χ4v) is 4.59. The van der Waals surface area contributed by atoms with E-state index < -0.39 is 0 Å². The van der Waals surface area contributed by atoms with Gasteiger partial charge in [0.15, 0.2) is 0 Å². The zero-order valence-electron chi connectivity index (χ0n) is 17.0. The molecule has 2 aromatic rings. The van der Waals surface area contributed by atoms with Crippen LogP contribution >= 0.6 is 11.3 Å². The predicted molar refractivity (Wildman–Crippen MR) is 117 cm³/mol. The van der Waals surface area contributed by atoms with E-state index in [1.54, 1.807) is 13.0 Å². The summed E-state index contributed by atoms with van der Waals surface area (Å²) in [5, 5.41) is 3.45. The highest BCUT2D eigenvalue weighted by Crippen LogP contribution is 2.39. The van der Waals surface area contributed by atoms with E-state index in [2.05, 4.69) is 12.2 Å². The minimum atomic E-state index is -0.360. The number of aryl methyl sites for hydroxylation is 1. The van der Waals surface area contributed by atoms with Gasteiger partial charge in [-0.2, -0.15) is 0 Å². The van der Waals surface area contributed by atoms with Crippen molar-refractivity contribution in [3.05, 3.63) is 51.9 Å². The van der Waals surface area contributed by atoms with Crippen molar-refractivity contribution in [2.45, 2.75) is 46.0 Å². The van der Waals surface area contributed by atoms with Crippen LogP contribution in [-0.2, 0) is 22.4 Å². The molecular weight excluding hydrogens is 386 g/mol. The normalized spacial score (nSPS) is 12.8. The first-order chi connectivity index (χ1) is 14.1. The number of thiophene rings is 1. The van der Waals surface area contributed by atoms with Gasteiger partial charge in [0.05, 0.1) is 18.8 Å². The van der Waals surface area contributed by atoms with Crippen LogP contribution < -0.4 is 10.1 Å². The van der Waals surface area contributed by atoms with Crippen molar-refractivity contribution in [2.75, 3.05) is 18.5 Å². The van der Waals surface area contributed by atoms with E-state index in [9.17, 15) is 9.59 Å². The number of hydrogen-bond acceptors (Lipinski definition) is 5. The number of para-hydroxylation sites is 1. The Morgan fingerprint density at radius 1 is 1.21 bits per heavy atom. The molecule has 1 aromatic heterocycles. The molecule has 0 bridgehead atoms. The largest absolute Gasteiger partial charge is 0.493 e. The van der Waals surface area contributed by atoms with Crippen LogP contribution in [0.2, 0.25) is 0 Å². The van der Waals surface area contributed by atoms with Crippen molar-refractivity contribution in [2.24, 2.45) is 0 Å². The lowest BCUT2D eigenvalue weighted by molar-refractivity contribution is -0.111. The summed E-state index contributed by atoms with van der Waals surface area (Å²) >= 11 is 1.48. The molecule has 0 spiro atoms. The number of anilines is 1. The Hall–Kier alpha value is -2.60. The van der Waals surface area contributed by atoms with Gasteiger partial charge in [-0.05, 0) is 50.3 Å². The van der Waals surface area contributed by atoms with Gasteiger partial charge in [0, 0.05) is 16.5 Å². The lowest BCUT2D eigenvalue weighted by atomic mass is 10.1. The first-order valence-corrected chi connectivity index (χ1v) is 11.0. The highest BCUT2D eigenvalue weighted by atomic mass is 32.1. The number of unbranched alkanes of at least 4 members (excludes halogenated alkanes) is 1. The average Bonchev–Trinajstić information content (AvgIpc) is 3.28. The zero-order valence-corrected chi connectivity index (χ0v) is 17.8. The van der Waals surface area contributed by atoms with Gasteiger partial charge in [0.25, 0.3) is 0 Å². The van der Waals surface area contributed by atoms with Crippen LogP contribution in [-0.4, -0.2) is 25.1 Å². The molecule has 1 N–H and O–H groups in total. The third kappa shape index (κ3) is 5.26. The molecule has 6 heteroatoms. The minimum absolute atomic E-state index is 0.279. The van der Waals surface area contributed by atoms with E-state index in [1.165, 1.54) is 22.3 Å². The molecule has 1 aromatic carbocycles. The van der Waals surface area contributed by atoms with Gasteiger partial charge in [-0.25, -0.2) is 4.79 Å². The van der Waals surface area contributed by atoms with Crippen molar-refractivity contribution < 1.29 is 19.1 Å². The summed E-state index contributed by atoms with van der Waals surface area (Å²) in [7, 11) is 0. The van der Waals surface area contributed by atoms with E-state index in [4.69, 9.17) is 9.47 Å². The summed E-state index contributed by atoms with van der Waals surface area (Å²) in [5.41, 5.74) is 2.40. The predicted octanol–water partition coefficient (Wildman–Crippen LogP) is 5.24. The molecule has 0 atom stereocenters. The van der Waals surface area contributed by atoms with E-state index in [0.717, 1.165) is 49.0 Å². The Labute approximate surface area is 175 Å². The number of rotatable bonds is 9. The van der Waals surface area contributed by atoms with Gasteiger partial charge in [0.2, 0.25) is 5.91 Å². The molecular formula is C23H27NO4S. The summed E-state index contributed by atoms with van der Waals surface area (Å²) in [6.07, 6.45) is 8.10. The van der Waals surface area contributed by atoms with Gasteiger partial charge >= 0.3 is 5.97 Å². The lowest BCUT2D eigenvalue weighted by Gasteiger charge is -2.08. The molecule has 154 valence electrons. The quantitative estimate of drug-likeness (QED) is 0.347. The fraction of sp³-hybridized carbons (Fsp3) is 0.391. The van der Waals surface area contributed by atoms with E-state index in [-0.39, 0.29) is 11.9 Å². The molecule has 0 saturated heterocycles. The topological polar surface area (TPSA) is 64.6 Å². The van der Waals surface area contributed by atoms with Gasteiger partial charge in [-0.3, -0.25) is 4.79 Å². The Bertz CT molecular complexity index is 900. The van der Waals surface area contributed by atoms with Crippen LogP contribution in [0.4, 0.5) is 5.00 Å². The lowest BCUT2D eigenvalue weighted by Crippen LogP contribution is -2.13. The third-order valence-electron chi connectivity index (χ3n) is 4.73. The molecule has 1 aliphatic rings. The summed E-state index contributed by atoms with van der Waals surface area (Å²) in [4.78, 5) is 26.1. The second-order valence-electron chi connectivity index (χ2n) is 6.84. The first-order valence-electron chi connectivity index (χ1n) is 10.2. The Morgan fingerprint density at radius 3 is 2.83 bits per heavy atom. The van der Waals surface area contributed by atoms with Crippen LogP contribution in [0.3, 0.4) is 0 Å². The van der Waals surface area contributed by atoms with Crippen molar-refractivity contribution in [3.8, 4) is 5.75 Å². The van der Waals surface area contributed by atoms with Gasteiger partial charge in [-0.1, -0.05) is 31.5 Å². The van der Waals surface area contributed by atoms with Crippen LogP contribution in [0.1, 0.15) is 59.5 Å². The zero-order chi connectivity index (χ0) is 20.6. The maximum absolute atomic E-state index is 12.5. The van der Waals surface area contributed by atoms with Crippen LogP contribution in [0.5, 0.6) is 5.75 Å². The smallest absolute Gasteiger partial charge is 0.341 e. The van der Waals surface area contributed by atoms with Crippen LogP contribution in [0.25, 0.3) is 6.08 Å². The highest BCUT2D eigenvalue weighted by Gasteiger charge is 2.28. The molecule has 1 aliphatic carbocycles.